The van der Waals surface area contributed by atoms with Gasteiger partial charge in [-0.1, -0.05) is 26.0 Å². The third-order valence-corrected chi connectivity index (χ3v) is 3.57. The highest BCUT2D eigenvalue weighted by Crippen LogP contribution is 2.37. The van der Waals surface area contributed by atoms with Crippen molar-refractivity contribution in [3.05, 3.63) is 48.0 Å². The first-order valence-electron chi connectivity index (χ1n) is 7.41. The van der Waals surface area contributed by atoms with Gasteiger partial charge in [-0.2, -0.15) is 0 Å². The highest BCUT2D eigenvalue weighted by molar-refractivity contribution is 5.85. The van der Waals surface area contributed by atoms with Gasteiger partial charge in [0.1, 0.15) is 28.6 Å². The van der Waals surface area contributed by atoms with Crippen molar-refractivity contribution >= 4 is 17.0 Å². The van der Waals surface area contributed by atoms with Crippen molar-refractivity contribution in [1.82, 2.24) is 0 Å². The third-order valence-electron chi connectivity index (χ3n) is 3.57. The zero-order valence-corrected chi connectivity index (χ0v) is 12.9. The molecule has 0 aliphatic rings. The molecular weight excluding hydrogens is 292 g/mol. The van der Waals surface area contributed by atoms with Gasteiger partial charge in [-0.3, -0.25) is 0 Å². The maximum atomic E-state index is 10.2. The molecule has 0 spiro atoms. The number of furan rings is 1. The van der Waals surface area contributed by atoms with Gasteiger partial charge in [0.2, 0.25) is 0 Å². The molecule has 3 aromatic rings. The molecule has 3 rings (SSSR count). The lowest BCUT2D eigenvalue weighted by atomic mass is 10.0. The van der Waals surface area contributed by atoms with E-state index in [0.29, 0.717) is 28.4 Å². The van der Waals surface area contributed by atoms with Crippen LogP contribution in [-0.2, 0) is 0 Å². The van der Waals surface area contributed by atoms with E-state index in [1.807, 2.05) is 19.9 Å². The molecule has 1 aromatic heterocycles. The average Bonchev–Trinajstić information content (AvgIpc) is 2.88. The second kappa shape index (κ2) is 5.72. The van der Waals surface area contributed by atoms with Crippen molar-refractivity contribution in [2.45, 2.75) is 13.8 Å². The van der Waals surface area contributed by atoms with E-state index in [2.05, 4.69) is 0 Å². The van der Waals surface area contributed by atoms with E-state index >= 15 is 0 Å². The number of allylic oxidation sites excluding steroid dienone is 1. The largest absolute Gasteiger partial charge is 0.508 e. The normalized spacial score (nSPS) is 11.8. The van der Waals surface area contributed by atoms with E-state index in [9.17, 15) is 15.3 Å². The lowest BCUT2D eigenvalue weighted by Crippen LogP contribution is -1.83. The molecule has 0 bridgehead atoms. The number of aromatic hydroxyl groups is 3. The molecule has 0 radical (unpaired) electrons. The lowest BCUT2D eigenvalue weighted by Gasteiger charge is -2.06. The number of benzene rings is 2. The quantitative estimate of drug-likeness (QED) is 0.644. The first-order valence-corrected chi connectivity index (χ1v) is 7.41. The molecule has 3 N–H and O–H groups in total. The van der Waals surface area contributed by atoms with E-state index in [1.54, 1.807) is 36.4 Å². The van der Waals surface area contributed by atoms with Crippen molar-refractivity contribution in [3.8, 4) is 28.6 Å². The Bertz CT molecular complexity index is 865. The van der Waals surface area contributed by atoms with E-state index in [0.717, 1.165) is 5.39 Å². The Hall–Kier alpha value is -2.88. The number of rotatable bonds is 3. The average molecular weight is 310 g/mol. The van der Waals surface area contributed by atoms with Crippen LogP contribution >= 0.6 is 0 Å². The summed E-state index contributed by atoms with van der Waals surface area (Å²) in [6, 6.07) is 9.76. The van der Waals surface area contributed by atoms with Crippen LogP contribution in [0.15, 0.2) is 46.9 Å². The fraction of sp³-hybridized carbons (Fsp3) is 0.158. The van der Waals surface area contributed by atoms with Crippen LogP contribution in [-0.4, -0.2) is 15.3 Å². The number of hydrogen-bond donors (Lipinski definition) is 3. The molecule has 1 heterocycles. The van der Waals surface area contributed by atoms with Crippen LogP contribution in [0.25, 0.3) is 28.4 Å². The maximum Gasteiger partial charge on any atom is 0.138 e. The Balaban J connectivity index is 2.05. The summed E-state index contributed by atoms with van der Waals surface area (Å²) in [5.74, 6) is 0.922. The van der Waals surface area contributed by atoms with E-state index < -0.39 is 0 Å². The smallest absolute Gasteiger partial charge is 0.138 e. The van der Waals surface area contributed by atoms with Crippen LogP contribution in [0, 0.1) is 5.92 Å². The number of hydrogen-bond acceptors (Lipinski definition) is 4. The van der Waals surface area contributed by atoms with Crippen molar-refractivity contribution in [2.75, 3.05) is 0 Å². The molecule has 4 nitrogen and oxygen atoms in total. The van der Waals surface area contributed by atoms with Gasteiger partial charge in [0.05, 0.1) is 5.56 Å². The van der Waals surface area contributed by atoms with Gasteiger partial charge >= 0.3 is 0 Å². The number of fused-ring (bicyclic) bond motifs is 1. The summed E-state index contributed by atoms with van der Waals surface area (Å²) in [6.45, 7) is 4.03. The van der Waals surface area contributed by atoms with E-state index in [-0.39, 0.29) is 17.2 Å². The van der Waals surface area contributed by atoms with Gasteiger partial charge in [0.25, 0.3) is 0 Å². The van der Waals surface area contributed by atoms with Crippen molar-refractivity contribution < 1.29 is 19.7 Å². The van der Waals surface area contributed by atoms with Gasteiger partial charge < -0.3 is 19.7 Å². The Morgan fingerprint density at radius 2 is 1.65 bits per heavy atom. The van der Waals surface area contributed by atoms with E-state index in [4.69, 9.17) is 4.42 Å². The van der Waals surface area contributed by atoms with Crippen LogP contribution in [0.5, 0.6) is 17.2 Å². The molecule has 23 heavy (non-hydrogen) atoms. The molecule has 2 aromatic carbocycles. The monoisotopic (exact) mass is 310 g/mol. The molecule has 0 saturated heterocycles. The molecule has 0 atom stereocenters. The highest BCUT2D eigenvalue weighted by Gasteiger charge is 2.12. The SMILES string of the molecule is CC(C)/C=C\c1c(O)cc(-c2cc3ccc(O)cc3o2)cc1O. The van der Waals surface area contributed by atoms with Gasteiger partial charge in [-0.15, -0.1) is 0 Å². The Morgan fingerprint density at radius 3 is 2.30 bits per heavy atom. The van der Waals surface area contributed by atoms with Crippen LogP contribution < -0.4 is 0 Å². The first-order chi connectivity index (χ1) is 10.9. The summed E-state index contributed by atoms with van der Waals surface area (Å²) in [5, 5.41) is 30.7. The lowest BCUT2D eigenvalue weighted by molar-refractivity contribution is 0.448. The highest BCUT2D eigenvalue weighted by atomic mass is 16.3. The molecule has 118 valence electrons. The van der Waals surface area contributed by atoms with Gasteiger partial charge in [0, 0.05) is 17.0 Å². The molecule has 0 amide bonds. The van der Waals surface area contributed by atoms with Gasteiger partial charge in [-0.25, -0.2) is 0 Å². The Kier molecular flexibility index (Phi) is 3.74. The topological polar surface area (TPSA) is 73.8 Å². The number of phenols is 3. The maximum absolute atomic E-state index is 10.2. The van der Waals surface area contributed by atoms with Crippen LogP contribution in [0.1, 0.15) is 19.4 Å². The minimum atomic E-state index is -0.0137. The number of phenolic OH excluding ortho intramolecular Hbond substituents is 3. The van der Waals surface area contributed by atoms with Gasteiger partial charge in [-0.05, 0) is 36.2 Å². The summed E-state index contributed by atoms with van der Waals surface area (Å²) >= 11 is 0. The van der Waals surface area contributed by atoms with Crippen LogP contribution in [0.2, 0.25) is 0 Å². The summed E-state index contributed by atoms with van der Waals surface area (Å²) < 4.78 is 5.68. The molecule has 0 unspecified atom stereocenters. The van der Waals surface area contributed by atoms with Crippen LogP contribution in [0.3, 0.4) is 0 Å². The van der Waals surface area contributed by atoms with Crippen molar-refractivity contribution in [1.29, 1.82) is 0 Å². The summed E-state index contributed by atoms with van der Waals surface area (Å²) in [5.41, 5.74) is 1.50. The summed E-state index contributed by atoms with van der Waals surface area (Å²) in [4.78, 5) is 0. The fourth-order valence-electron chi connectivity index (χ4n) is 2.39. The predicted octanol–water partition coefficient (Wildman–Crippen LogP) is 4.89. The minimum Gasteiger partial charge on any atom is -0.508 e. The fourth-order valence-corrected chi connectivity index (χ4v) is 2.39. The molecular formula is C19H18O4. The van der Waals surface area contributed by atoms with Crippen molar-refractivity contribution in [3.63, 3.8) is 0 Å². The standard InChI is InChI=1S/C19H18O4/c1-11(2)3-6-15-16(21)7-13(8-17(15)22)18-9-12-4-5-14(20)10-19(12)23-18/h3-11,20-22H,1-2H3/b6-3-. The Labute approximate surface area is 133 Å². The van der Waals surface area contributed by atoms with Gasteiger partial charge in [0.15, 0.2) is 0 Å². The summed E-state index contributed by atoms with van der Waals surface area (Å²) in [6.07, 6.45) is 3.61. The molecule has 0 fully saturated rings. The molecule has 0 aliphatic heterocycles. The van der Waals surface area contributed by atoms with Crippen LogP contribution in [0.4, 0.5) is 0 Å². The molecule has 4 heteroatoms. The Morgan fingerprint density at radius 1 is 0.957 bits per heavy atom. The third kappa shape index (κ3) is 3.01. The minimum absolute atomic E-state index is 0.0137. The molecule has 0 saturated carbocycles. The predicted molar refractivity (Wildman–Crippen MR) is 90.5 cm³/mol. The zero-order chi connectivity index (χ0) is 16.6. The van der Waals surface area contributed by atoms with E-state index in [1.165, 1.54) is 6.07 Å². The van der Waals surface area contributed by atoms with Crippen molar-refractivity contribution in [2.24, 2.45) is 5.92 Å². The second-order valence-electron chi connectivity index (χ2n) is 5.86. The zero-order valence-electron chi connectivity index (χ0n) is 12.9. The first kappa shape index (κ1) is 15.0. The molecule has 0 aliphatic carbocycles. The summed E-state index contributed by atoms with van der Waals surface area (Å²) in [7, 11) is 0. The second-order valence-corrected chi connectivity index (χ2v) is 5.86.